The molecule has 7 nitrogen and oxygen atoms in total. The van der Waals surface area contributed by atoms with Gasteiger partial charge in [-0.15, -0.1) is 0 Å². The second-order valence-corrected chi connectivity index (χ2v) is 7.99. The number of primary sulfonamides is 1. The number of sulfonamides is 1. The van der Waals surface area contributed by atoms with E-state index in [1.807, 2.05) is 6.07 Å². The number of aromatic nitrogens is 1. The lowest BCUT2D eigenvalue weighted by atomic mass is 10.0. The molecule has 1 atom stereocenters. The van der Waals surface area contributed by atoms with Gasteiger partial charge in [0.2, 0.25) is 0 Å². The van der Waals surface area contributed by atoms with Crippen LogP contribution >= 0.6 is 0 Å². The molecule has 3 rings (SSSR count). The summed E-state index contributed by atoms with van der Waals surface area (Å²) in [6.45, 7) is 6.15. The quantitative estimate of drug-likeness (QED) is 0.831. The molecule has 1 unspecified atom stereocenters. The summed E-state index contributed by atoms with van der Waals surface area (Å²) in [7, 11) is -1.56. The van der Waals surface area contributed by atoms with Gasteiger partial charge >= 0.3 is 0 Å². The minimum absolute atomic E-state index is 0.0636. The Labute approximate surface area is 138 Å². The predicted molar refractivity (Wildman–Crippen MR) is 89.9 cm³/mol. The van der Waals surface area contributed by atoms with Crippen molar-refractivity contribution in [3.05, 3.63) is 18.3 Å². The molecule has 0 saturated carbocycles. The number of anilines is 1. The largest absolute Gasteiger partial charge is 0.369 e. The van der Waals surface area contributed by atoms with Gasteiger partial charge in [-0.3, -0.25) is 4.90 Å². The van der Waals surface area contributed by atoms with Crippen LogP contribution in [0.25, 0.3) is 0 Å². The Bertz CT molecular complexity index is 643. The Balaban J connectivity index is 1.63. The second-order valence-electron chi connectivity index (χ2n) is 6.48. The smallest absolute Gasteiger partial charge is 0.255 e. The first-order chi connectivity index (χ1) is 10.9. The highest BCUT2D eigenvalue weighted by molar-refractivity contribution is 7.89. The molecule has 23 heavy (non-hydrogen) atoms. The van der Waals surface area contributed by atoms with Crippen molar-refractivity contribution in [2.75, 3.05) is 51.2 Å². The van der Waals surface area contributed by atoms with Gasteiger partial charge in [0.05, 0.1) is 0 Å². The van der Waals surface area contributed by atoms with Gasteiger partial charge in [-0.05, 0) is 32.5 Å². The maximum Gasteiger partial charge on any atom is 0.255 e. The summed E-state index contributed by atoms with van der Waals surface area (Å²) in [6.07, 6.45) is 4.05. The van der Waals surface area contributed by atoms with E-state index in [4.69, 9.17) is 5.14 Å². The van der Waals surface area contributed by atoms with Gasteiger partial charge in [-0.1, -0.05) is 0 Å². The molecule has 2 fully saturated rings. The van der Waals surface area contributed by atoms with Crippen LogP contribution in [0.5, 0.6) is 0 Å². The molecule has 2 aliphatic heterocycles. The fourth-order valence-corrected chi connectivity index (χ4v) is 4.03. The molecule has 1 aromatic heterocycles. The van der Waals surface area contributed by atoms with Crippen molar-refractivity contribution >= 4 is 15.7 Å². The summed E-state index contributed by atoms with van der Waals surface area (Å²) >= 11 is 0. The number of pyridine rings is 1. The maximum atomic E-state index is 11.4. The van der Waals surface area contributed by atoms with E-state index in [1.165, 1.54) is 25.6 Å². The average molecular weight is 339 g/mol. The lowest BCUT2D eigenvalue weighted by Gasteiger charge is -2.43. The topological polar surface area (TPSA) is 82.8 Å². The number of rotatable bonds is 3. The van der Waals surface area contributed by atoms with Crippen molar-refractivity contribution in [2.45, 2.75) is 23.9 Å². The minimum atomic E-state index is -3.75. The monoisotopic (exact) mass is 339 g/mol. The molecule has 1 aromatic rings. The van der Waals surface area contributed by atoms with Crippen LogP contribution in [0.2, 0.25) is 0 Å². The lowest BCUT2D eigenvalue weighted by Crippen LogP contribution is -2.54. The molecule has 0 aliphatic carbocycles. The zero-order valence-corrected chi connectivity index (χ0v) is 14.4. The number of nitrogens with zero attached hydrogens (tertiary/aromatic N) is 4. The third kappa shape index (κ3) is 4.00. The van der Waals surface area contributed by atoms with Crippen molar-refractivity contribution in [2.24, 2.45) is 5.14 Å². The van der Waals surface area contributed by atoms with Gasteiger partial charge in [0.1, 0.15) is 0 Å². The Morgan fingerprint density at radius 1 is 1.22 bits per heavy atom. The van der Waals surface area contributed by atoms with Gasteiger partial charge in [0, 0.05) is 56.7 Å². The first-order valence-electron chi connectivity index (χ1n) is 8.10. The summed E-state index contributed by atoms with van der Waals surface area (Å²) in [5.74, 6) is 0. The van der Waals surface area contributed by atoms with Crippen LogP contribution in [0.15, 0.2) is 23.4 Å². The van der Waals surface area contributed by atoms with Crippen molar-refractivity contribution in [3.63, 3.8) is 0 Å². The van der Waals surface area contributed by atoms with E-state index in [-0.39, 0.29) is 5.03 Å². The standard InChI is InChI=1S/C15H25N5O2S/c1-18-6-2-3-14(12-18)20-9-7-19(8-10-20)13-4-5-17-15(11-13)23(16,21)22/h4-5,11,14H,2-3,6-10,12H2,1H3,(H2,16,21,22). The molecular weight excluding hydrogens is 314 g/mol. The molecule has 2 saturated heterocycles. The van der Waals surface area contributed by atoms with Gasteiger partial charge in [-0.2, -0.15) is 0 Å². The van der Waals surface area contributed by atoms with Crippen LogP contribution in [0.4, 0.5) is 5.69 Å². The molecule has 2 N–H and O–H groups in total. The molecule has 2 aliphatic rings. The molecule has 0 amide bonds. The SMILES string of the molecule is CN1CCCC(N2CCN(c3ccnc(S(N)(=O)=O)c3)CC2)C1. The average Bonchev–Trinajstić information content (AvgIpc) is 2.54. The van der Waals surface area contributed by atoms with E-state index in [1.54, 1.807) is 6.07 Å². The first kappa shape index (κ1) is 16.6. The Kier molecular flexibility index (Phi) is 4.86. The van der Waals surface area contributed by atoms with Crippen LogP contribution in [0, 0.1) is 0 Å². The van der Waals surface area contributed by atoms with Gasteiger partial charge < -0.3 is 9.80 Å². The molecule has 0 bridgehead atoms. The summed E-state index contributed by atoms with van der Waals surface area (Å²) in [4.78, 5) is 11.0. The highest BCUT2D eigenvalue weighted by Gasteiger charge is 2.27. The molecule has 0 aromatic carbocycles. The van der Waals surface area contributed by atoms with E-state index in [0.717, 1.165) is 38.4 Å². The van der Waals surface area contributed by atoms with Crippen LogP contribution in [-0.2, 0) is 10.0 Å². The highest BCUT2D eigenvalue weighted by Crippen LogP contribution is 2.21. The van der Waals surface area contributed by atoms with Crippen LogP contribution in [0.3, 0.4) is 0 Å². The highest BCUT2D eigenvalue weighted by atomic mass is 32.2. The van der Waals surface area contributed by atoms with Gasteiger partial charge in [0.25, 0.3) is 10.0 Å². The van der Waals surface area contributed by atoms with E-state index < -0.39 is 10.0 Å². The Hall–Kier alpha value is -1.22. The summed E-state index contributed by atoms with van der Waals surface area (Å²) in [5, 5.41) is 5.10. The van der Waals surface area contributed by atoms with E-state index in [2.05, 4.69) is 26.7 Å². The fraction of sp³-hybridized carbons (Fsp3) is 0.667. The number of likely N-dealkylation sites (tertiary alicyclic amines) is 1. The van der Waals surface area contributed by atoms with Crippen LogP contribution in [-0.4, -0.2) is 75.6 Å². The second kappa shape index (κ2) is 6.72. The molecule has 3 heterocycles. The minimum Gasteiger partial charge on any atom is -0.369 e. The van der Waals surface area contributed by atoms with Crippen LogP contribution < -0.4 is 10.0 Å². The Morgan fingerprint density at radius 2 is 1.96 bits per heavy atom. The summed E-state index contributed by atoms with van der Waals surface area (Å²) in [6, 6.07) is 4.06. The third-order valence-electron chi connectivity index (χ3n) is 4.81. The predicted octanol–water partition coefficient (Wildman–Crippen LogP) is -0.0548. The number of nitrogens with two attached hydrogens (primary N) is 1. The molecule has 128 valence electrons. The molecule has 8 heteroatoms. The number of likely N-dealkylation sites (N-methyl/N-ethyl adjacent to an activating group) is 1. The van der Waals surface area contributed by atoms with Crippen molar-refractivity contribution in [3.8, 4) is 0 Å². The van der Waals surface area contributed by atoms with Crippen molar-refractivity contribution in [1.29, 1.82) is 0 Å². The van der Waals surface area contributed by atoms with E-state index in [0.29, 0.717) is 6.04 Å². The zero-order valence-electron chi connectivity index (χ0n) is 13.6. The number of hydrogen-bond donors (Lipinski definition) is 1. The number of hydrogen-bond acceptors (Lipinski definition) is 6. The van der Waals surface area contributed by atoms with Crippen molar-refractivity contribution < 1.29 is 8.42 Å². The van der Waals surface area contributed by atoms with E-state index in [9.17, 15) is 8.42 Å². The number of piperazine rings is 1. The van der Waals surface area contributed by atoms with Gasteiger partial charge in [0.15, 0.2) is 5.03 Å². The normalized spacial score (nSPS) is 24.8. The summed E-state index contributed by atoms with van der Waals surface area (Å²) in [5.41, 5.74) is 0.879. The molecule has 0 spiro atoms. The van der Waals surface area contributed by atoms with Gasteiger partial charge in [-0.25, -0.2) is 18.5 Å². The first-order valence-corrected chi connectivity index (χ1v) is 9.64. The fourth-order valence-electron chi connectivity index (χ4n) is 3.53. The Morgan fingerprint density at radius 3 is 2.61 bits per heavy atom. The van der Waals surface area contributed by atoms with E-state index >= 15 is 0 Å². The third-order valence-corrected chi connectivity index (χ3v) is 5.61. The number of piperidine rings is 1. The molecular formula is C15H25N5O2S. The lowest BCUT2D eigenvalue weighted by molar-refractivity contribution is 0.106. The zero-order chi connectivity index (χ0) is 16.4. The molecule has 0 radical (unpaired) electrons. The van der Waals surface area contributed by atoms with Crippen molar-refractivity contribution in [1.82, 2.24) is 14.8 Å². The van der Waals surface area contributed by atoms with Crippen LogP contribution in [0.1, 0.15) is 12.8 Å². The maximum absolute atomic E-state index is 11.4. The summed E-state index contributed by atoms with van der Waals surface area (Å²) < 4.78 is 22.9.